The highest BCUT2D eigenvalue weighted by molar-refractivity contribution is 7.80. The Labute approximate surface area is 172 Å². The largest absolute Gasteiger partial charge is 0.497 e. The summed E-state index contributed by atoms with van der Waals surface area (Å²) in [6.07, 6.45) is 4.46. The van der Waals surface area contributed by atoms with Gasteiger partial charge in [0.05, 0.1) is 52.6 Å². The third-order valence-electron chi connectivity index (χ3n) is 4.92. The fourth-order valence-electron chi connectivity index (χ4n) is 3.25. The summed E-state index contributed by atoms with van der Waals surface area (Å²) >= 11 is 5.62. The van der Waals surface area contributed by atoms with Gasteiger partial charge in [-0.3, -0.25) is 0 Å². The number of hydrogen-bond donors (Lipinski definition) is 2. The Bertz CT molecular complexity index is 803. The minimum Gasteiger partial charge on any atom is -0.497 e. The first kappa shape index (κ1) is 20.2. The molecule has 3 rings (SSSR count). The van der Waals surface area contributed by atoms with E-state index in [1.165, 1.54) is 5.56 Å². The van der Waals surface area contributed by atoms with E-state index in [9.17, 15) is 0 Å². The minimum absolute atomic E-state index is 0.719. The third kappa shape index (κ3) is 5.47. The summed E-state index contributed by atoms with van der Waals surface area (Å²) in [6.45, 7) is 5.06. The molecule has 5 nitrogen and oxygen atoms in total. The van der Waals surface area contributed by atoms with Gasteiger partial charge < -0.3 is 24.6 Å². The number of benzene rings is 2. The summed E-state index contributed by atoms with van der Waals surface area (Å²) in [5.74, 6) is 1.48. The maximum Gasteiger partial charge on any atom is 0.173 e. The van der Waals surface area contributed by atoms with Crippen molar-refractivity contribution in [2.45, 2.75) is 0 Å². The molecule has 0 aliphatic carbocycles. The molecular weight excluding hydrogens is 370 g/mol. The van der Waals surface area contributed by atoms with E-state index in [0.29, 0.717) is 0 Å². The number of piperazine rings is 1. The van der Waals surface area contributed by atoms with Crippen LogP contribution in [0.3, 0.4) is 0 Å². The van der Waals surface area contributed by atoms with Crippen molar-refractivity contribution in [3.63, 3.8) is 0 Å². The van der Waals surface area contributed by atoms with Gasteiger partial charge >= 0.3 is 0 Å². The number of rotatable bonds is 6. The molecule has 148 valence electrons. The molecule has 0 amide bonds. The Morgan fingerprint density at radius 3 is 2.54 bits per heavy atom. The molecule has 0 spiro atoms. The summed E-state index contributed by atoms with van der Waals surface area (Å²) in [5, 5.41) is 4.05. The van der Waals surface area contributed by atoms with Gasteiger partial charge in [0.25, 0.3) is 0 Å². The second-order valence-corrected chi connectivity index (χ2v) is 7.14. The number of methoxy groups -OCH3 is 2. The van der Waals surface area contributed by atoms with Crippen LogP contribution in [0.1, 0.15) is 5.56 Å². The van der Waals surface area contributed by atoms with Crippen molar-refractivity contribution in [3.8, 4) is 11.5 Å². The molecule has 1 fully saturated rings. The first-order chi connectivity index (χ1) is 13.7. The van der Waals surface area contributed by atoms with Crippen LogP contribution in [0, 0.1) is 0 Å². The zero-order valence-electron chi connectivity index (χ0n) is 16.5. The predicted octanol–water partition coefficient (Wildman–Crippen LogP) is 2.31. The fourth-order valence-corrected chi connectivity index (χ4v) is 3.54. The smallest absolute Gasteiger partial charge is 0.173 e. The van der Waals surface area contributed by atoms with Gasteiger partial charge in [-0.15, -0.1) is 0 Å². The van der Waals surface area contributed by atoms with E-state index in [-0.39, 0.29) is 0 Å². The Balaban J connectivity index is 1.48. The number of ether oxygens (including phenoxy) is 2. The van der Waals surface area contributed by atoms with Crippen LogP contribution in [-0.2, 0) is 0 Å². The maximum absolute atomic E-state index is 5.62. The zero-order valence-corrected chi connectivity index (χ0v) is 17.3. The Morgan fingerprint density at radius 2 is 1.86 bits per heavy atom. The molecule has 1 heterocycles. The van der Waals surface area contributed by atoms with E-state index in [1.807, 2.05) is 24.3 Å². The lowest BCUT2D eigenvalue weighted by Crippen LogP contribution is -3.14. The van der Waals surface area contributed by atoms with Gasteiger partial charge in [-0.2, -0.15) is 0 Å². The molecule has 2 aromatic rings. The van der Waals surface area contributed by atoms with Gasteiger partial charge in [0.2, 0.25) is 0 Å². The van der Waals surface area contributed by atoms with Crippen molar-refractivity contribution < 1.29 is 14.4 Å². The van der Waals surface area contributed by atoms with Crippen LogP contribution in [0.25, 0.3) is 6.08 Å². The summed E-state index contributed by atoms with van der Waals surface area (Å²) in [7, 11) is 3.29. The highest BCUT2D eigenvalue weighted by Gasteiger charge is 2.21. The lowest BCUT2D eigenvalue weighted by molar-refractivity contribution is -0.897. The molecule has 0 bridgehead atoms. The molecule has 2 aromatic carbocycles. The lowest BCUT2D eigenvalue weighted by Gasteiger charge is -2.33. The van der Waals surface area contributed by atoms with Crippen LogP contribution in [0.4, 0.5) is 5.69 Å². The SMILES string of the molecule is COc1ccc(NC(=S)N2CC[NH+](C/C=C/c3ccccc3)CC2)c(OC)c1. The molecule has 2 N–H and O–H groups in total. The number of nitrogens with zero attached hydrogens (tertiary/aromatic N) is 1. The molecule has 0 radical (unpaired) electrons. The second-order valence-electron chi connectivity index (χ2n) is 6.75. The van der Waals surface area contributed by atoms with Crippen LogP contribution in [-0.4, -0.2) is 57.0 Å². The van der Waals surface area contributed by atoms with E-state index in [4.69, 9.17) is 21.7 Å². The second kappa shape index (κ2) is 10.1. The van der Waals surface area contributed by atoms with E-state index in [2.05, 4.69) is 46.6 Å². The van der Waals surface area contributed by atoms with Crippen LogP contribution in [0.5, 0.6) is 11.5 Å². The average Bonchev–Trinajstić information content (AvgIpc) is 2.75. The molecule has 0 atom stereocenters. The van der Waals surface area contributed by atoms with Crippen LogP contribution < -0.4 is 19.7 Å². The van der Waals surface area contributed by atoms with Crippen LogP contribution in [0.15, 0.2) is 54.6 Å². The monoisotopic (exact) mass is 398 g/mol. The zero-order chi connectivity index (χ0) is 19.8. The first-order valence-corrected chi connectivity index (χ1v) is 9.93. The summed E-state index contributed by atoms with van der Waals surface area (Å²) < 4.78 is 10.7. The normalized spacial score (nSPS) is 14.9. The molecular formula is C22H28N3O2S+. The summed E-state index contributed by atoms with van der Waals surface area (Å²) in [6, 6.07) is 16.1. The summed E-state index contributed by atoms with van der Waals surface area (Å²) in [5.41, 5.74) is 2.10. The number of thiocarbonyl (C=S) groups is 1. The highest BCUT2D eigenvalue weighted by atomic mass is 32.1. The molecule has 1 saturated heterocycles. The Morgan fingerprint density at radius 1 is 1.11 bits per heavy atom. The van der Waals surface area contributed by atoms with Gasteiger partial charge in [-0.05, 0) is 36.0 Å². The standard InChI is InChI=1S/C22H27N3O2S/c1-26-19-10-11-20(21(17-19)27-2)23-22(28)25-15-13-24(14-16-25)12-6-9-18-7-4-3-5-8-18/h3-11,17H,12-16H2,1-2H3,(H,23,28)/p+1/b9-6+. The number of quaternary nitrogens is 1. The van der Waals surface area contributed by atoms with Crippen LogP contribution >= 0.6 is 12.2 Å². The molecule has 6 heteroatoms. The fraction of sp³-hybridized carbons (Fsp3) is 0.318. The average molecular weight is 399 g/mol. The quantitative estimate of drug-likeness (QED) is 0.731. The van der Waals surface area contributed by atoms with Crippen molar-refractivity contribution in [2.24, 2.45) is 0 Å². The number of hydrogen-bond acceptors (Lipinski definition) is 3. The Kier molecular flexibility index (Phi) is 7.28. The van der Waals surface area contributed by atoms with Gasteiger partial charge in [0.15, 0.2) is 5.11 Å². The Hall–Kier alpha value is -2.57. The van der Waals surface area contributed by atoms with E-state index in [1.54, 1.807) is 19.1 Å². The first-order valence-electron chi connectivity index (χ1n) is 9.52. The minimum atomic E-state index is 0.719. The van der Waals surface area contributed by atoms with Crippen molar-refractivity contribution in [1.82, 2.24) is 4.90 Å². The predicted molar refractivity (Wildman–Crippen MR) is 118 cm³/mol. The highest BCUT2D eigenvalue weighted by Crippen LogP contribution is 2.29. The molecule has 0 unspecified atom stereocenters. The van der Waals surface area contributed by atoms with Gasteiger partial charge in [-0.25, -0.2) is 0 Å². The van der Waals surface area contributed by atoms with E-state index >= 15 is 0 Å². The number of anilines is 1. The van der Waals surface area contributed by atoms with Crippen molar-refractivity contribution in [2.75, 3.05) is 52.3 Å². The van der Waals surface area contributed by atoms with Crippen molar-refractivity contribution in [3.05, 3.63) is 60.2 Å². The van der Waals surface area contributed by atoms with Gasteiger partial charge in [0, 0.05) is 6.07 Å². The molecule has 1 aliphatic heterocycles. The van der Waals surface area contributed by atoms with Crippen molar-refractivity contribution in [1.29, 1.82) is 0 Å². The topological polar surface area (TPSA) is 38.2 Å². The molecule has 0 aromatic heterocycles. The molecule has 0 saturated carbocycles. The van der Waals surface area contributed by atoms with E-state index in [0.717, 1.165) is 55.0 Å². The van der Waals surface area contributed by atoms with Crippen molar-refractivity contribution >= 4 is 29.1 Å². The van der Waals surface area contributed by atoms with Crippen LogP contribution in [0.2, 0.25) is 0 Å². The maximum atomic E-state index is 5.62. The van der Waals surface area contributed by atoms with Gasteiger partial charge in [0.1, 0.15) is 11.5 Å². The molecule has 1 aliphatic rings. The third-order valence-corrected chi connectivity index (χ3v) is 5.28. The summed E-state index contributed by atoms with van der Waals surface area (Å²) in [4.78, 5) is 3.80. The molecule has 28 heavy (non-hydrogen) atoms. The number of nitrogens with one attached hydrogen (secondary N) is 2. The lowest BCUT2D eigenvalue weighted by atomic mass is 10.2. The van der Waals surface area contributed by atoms with E-state index < -0.39 is 0 Å². The van der Waals surface area contributed by atoms with Gasteiger partial charge in [-0.1, -0.05) is 36.4 Å².